The molecule has 3 nitrogen and oxygen atoms in total. The summed E-state index contributed by atoms with van der Waals surface area (Å²) in [7, 11) is 0. The second-order valence-electron chi connectivity index (χ2n) is 3.19. The number of ketones is 3. The maximum absolute atomic E-state index is 11.3. The summed E-state index contributed by atoms with van der Waals surface area (Å²) in [4.78, 5) is 33.5. The number of hydrogen-bond acceptors (Lipinski definition) is 3. The van der Waals surface area contributed by atoms with E-state index >= 15 is 0 Å². The Kier molecular flexibility index (Phi) is 7.38. The van der Waals surface area contributed by atoms with Gasteiger partial charge in [-0.05, 0) is 5.56 Å². The van der Waals surface area contributed by atoms with Gasteiger partial charge in [0, 0.05) is 48.4 Å². The molecule has 0 aromatic heterocycles. The second-order valence-corrected chi connectivity index (χ2v) is 3.19. The standard InChI is InChI=1S/C12H12O3.La/c1-2-10(13)12(15)11(14)8-9-6-4-3-5-7-9;/h3-7H,2,8H2,1H3;. The Hall–Kier alpha value is -0.575. The van der Waals surface area contributed by atoms with Crippen molar-refractivity contribution in [3.8, 4) is 0 Å². The Morgan fingerprint density at radius 1 is 1.00 bits per heavy atom. The van der Waals surface area contributed by atoms with Gasteiger partial charge in [0.2, 0.25) is 11.6 Å². The third-order valence-electron chi connectivity index (χ3n) is 2.04. The predicted octanol–water partition coefficient (Wildman–Crippen LogP) is 1.35. The largest absolute Gasteiger partial charge is 0.290 e. The zero-order valence-corrected chi connectivity index (χ0v) is 12.7. The van der Waals surface area contributed by atoms with Gasteiger partial charge in [-0.2, -0.15) is 0 Å². The van der Waals surface area contributed by atoms with Crippen LogP contribution in [0.15, 0.2) is 30.3 Å². The molecule has 1 aromatic rings. The van der Waals surface area contributed by atoms with E-state index in [0.717, 1.165) is 5.56 Å². The molecule has 4 heteroatoms. The van der Waals surface area contributed by atoms with Gasteiger partial charge in [-0.1, -0.05) is 37.3 Å². The summed E-state index contributed by atoms with van der Waals surface area (Å²) in [6.45, 7) is 1.57. The molecular weight excluding hydrogens is 331 g/mol. The topological polar surface area (TPSA) is 51.2 Å². The van der Waals surface area contributed by atoms with E-state index in [1.165, 1.54) is 0 Å². The third kappa shape index (κ3) is 4.51. The van der Waals surface area contributed by atoms with Crippen molar-refractivity contribution in [1.29, 1.82) is 0 Å². The van der Waals surface area contributed by atoms with Crippen LogP contribution in [0.3, 0.4) is 0 Å². The maximum Gasteiger partial charge on any atom is 0.264 e. The maximum atomic E-state index is 11.3. The van der Waals surface area contributed by atoms with Crippen LogP contribution >= 0.6 is 0 Å². The fraction of sp³-hybridized carbons (Fsp3) is 0.250. The molecule has 16 heavy (non-hydrogen) atoms. The fourth-order valence-electron chi connectivity index (χ4n) is 1.18. The molecule has 1 rings (SSSR count). The van der Waals surface area contributed by atoms with Crippen LogP contribution in [0, 0.1) is 35.6 Å². The van der Waals surface area contributed by atoms with Crippen LogP contribution in [0.4, 0.5) is 0 Å². The molecule has 1 aromatic carbocycles. The molecule has 0 amide bonds. The molecule has 0 aliphatic carbocycles. The first-order chi connectivity index (χ1) is 7.15. The Bertz CT molecular complexity index is 385. The minimum atomic E-state index is -0.888. The van der Waals surface area contributed by atoms with Crippen LogP contribution in [0.25, 0.3) is 0 Å². The van der Waals surface area contributed by atoms with Crippen molar-refractivity contribution in [3.05, 3.63) is 35.9 Å². The number of rotatable bonds is 5. The molecule has 0 saturated heterocycles. The van der Waals surface area contributed by atoms with Gasteiger partial charge in [0.15, 0.2) is 0 Å². The van der Waals surface area contributed by atoms with Crippen molar-refractivity contribution in [2.45, 2.75) is 19.8 Å². The first-order valence-electron chi connectivity index (χ1n) is 4.79. The van der Waals surface area contributed by atoms with Gasteiger partial charge in [0.1, 0.15) is 0 Å². The molecule has 0 N–H and O–H groups in total. The second kappa shape index (κ2) is 7.66. The van der Waals surface area contributed by atoms with Crippen LogP contribution in [-0.4, -0.2) is 17.3 Å². The normalized spacial score (nSPS) is 9.06. The summed E-state index contributed by atoms with van der Waals surface area (Å²) < 4.78 is 0. The Morgan fingerprint density at radius 2 is 1.56 bits per heavy atom. The van der Waals surface area contributed by atoms with Crippen LogP contribution in [-0.2, 0) is 20.8 Å². The molecule has 0 unspecified atom stereocenters. The van der Waals surface area contributed by atoms with E-state index in [1.807, 2.05) is 6.07 Å². The van der Waals surface area contributed by atoms with Gasteiger partial charge in [-0.15, -0.1) is 0 Å². The summed E-state index contributed by atoms with van der Waals surface area (Å²) in [6, 6.07) is 8.90. The minimum Gasteiger partial charge on any atom is -0.290 e. The van der Waals surface area contributed by atoms with E-state index in [-0.39, 0.29) is 48.4 Å². The van der Waals surface area contributed by atoms with E-state index < -0.39 is 17.3 Å². The number of Topliss-reactive ketones (excluding diaryl/α,β-unsaturated/α-hetero) is 3. The number of carbonyl (C=O) groups is 3. The Balaban J connectivity index is 0.00000225. The summed E-state index contributed by atoms with van der Waals surface area (Å²) in [5.74, 6) is -2.13. The average Bonchev–Trinajstić information content (AvgIpc) is 2.28. The molecule has 0 bridgehead atoms. The van der Waals surface area contributed by atoms with Gasteiger partial charge in [-0.3, -0.25) is 14.4 Å². The summed E-state index contributed by atoms with van der Waals surface area (Å²) in [5.41, 5.74) is 0.750. The molecule has 1 radical (unpaired) electrons. The third-order valence-corrected chi connectivity index (χ3v) is 2.04. The zero-order chi connectivity index (χ0) is 11.3. The smallest absolute Gasteiger partial charge is 0.264 e. The number of hydrogen-bond donors (Lipinski definition) is 0. The van der Waals surface area contributed by atoms with Crippen molar-refractivity contribution in [3.63, 3.8) is 0 Å². The monoisotopic (exact) mass is 343 g/mol. The predicted molar refractivity (Wildman–Crippen MR) is 55.5 cm³/mol. The minimum absolute atomic E-state index is 0. The van der Waals surface area contributed by atoms with Crippen molar-refractivity contribution >= 4 is 17.3 Å². The number of carbonyl (C=O) groups excluding carboxylic acids is 3. The molecule has 0 saturated carbocycles. The molecule has 81 valence electrons. The Labute approximate surface area is 122 Å². The van der Waals surface area contributed by atoms with Crippen molar-refractivity contribution in [2.75, 3.05) is 0 Å². The molecule has 0 aliphatic heterocycles. The molecule has 0 heterocycles. The van der Waals surface area contributed by atoms with Gasteiger partial charge >= 0.3 is 0 Å². The fourth-order valence-corrected chi connectivity index (χ4v) is 1.18. The summed E-state index contributed by atoms with van der Waals surface area (Å²) in [6.07, 6.45) is 0.0881. The van der Waals surface area contributed by atoms with Crippen molar-refractivity contribution < 1.29 is 50.0 Å². The van der Waals surface area contributed by atoms with Gasteiger partial charge in [0.25, 0.3) is 5.78 Å². The van der Waals surface area contributed by atoms with Crippen molar-refractivity contribution in [2.24, 2.45) is 0 Å². The average molecular weight is 343 g/mol. The summed E-state index contributed by atoms with van der Waals surface area (Å²) in [5, 5.41) is 0. The van der Waals surface area contributed by atoms with E-state index in [1.54, 1.807) is 31.2 Å². The molecule has 0 atom stereocenters. The first-order valence-corrected chi connectivity index (χ1v) is 4.79. The van der Waals surface area contributed by atoms with Crippen LogP contribution in [0.1, 0.15) is 18.9 Å². The molecule has 0 fully saturated rings. The van der Waals surface area contributed by atoms with E-state index in [2.05, 4.69) is 0 Å². The molecule has 0 spiro atoms. The van der Waals surface area contributed by atoms with E-state index in [0.29, 0.717) is 0 Å². The van der Waals surface area contributed by atoms with Gasteiger partial charge < -0.3 is 0 Å². The van der Waals surface area contributed by atoms with Crippen LogP contribution in [0.5, 0.6) is 0 Å². The first kappa shape index (κ1) is 15.4. The van der Waals surface area contributed by atoms with Crippen molar-refractivity contribution in [1.82, 2.24) is 0 Å². The van der Waals surface area contributed by atoms with Gasteiger partial charge in [-0.25, -0.2) is 0 Å². The zero-order valence-electron chi connectivity index (χ0n) is 9.10. The van der Waals surface area contributed by atoms with Crippen LogP contribution < -0.4 is 0 Å². The number of benzene rings is 1. The quantitative estimate of drug-likeness (QED) is 0.599. The van der Waals surface area contributed by atoms with E-state index in [4.69, 9.17) is 0 Å². The summed E-state index contributed by atoms with van der Waals surface area (Å²) >= 11 is 0. The molecule has 0 aliphatic rings. The molecular formula is C12H12LaO3. The van der Waals surface area contributed by atoms with Gasteiger partial charge in [0.05, 0.1) is 0 Å². The SMILES string of the molecule is CCC(=O)C(=O)C(=O)Cc1ccccc1.[La]. The van der Waals surface area contributed by atoms with E-state index in [9.17, 15) is 14.4 Å². The van der Waals surface area contributed by atoms with Crippen LogP contribution in [0.2, 0.25) is 0 Å². The Morgan fingerprint density at radius 3 is 2.06 bits per heavy atom.